The van der Waals surface area contributed by atoms with Gasteiger partial charge in [0, 0.05) is 18.7 Å². The lowest BCUT2D eigenvalue weighted by Crippen LogP contribution is -2.19. The second-order valence-corrected chi connectivity index (χ2v) is 3.67. The highest BCUT2D eigenvalue weighted by Crippen LogP contribution is 2.28. The smallest absolute Gasteiger partial charge is 0.251 e. The Bertz CT molecular complexity index is 571. The van der Waals surface area contributed by atoms with E-state index < -0.39 is 0 Å². The second-order valence-electron chi connectivity index (χ2n) is 3.67. The molecule has 0 spiro atoms. The highest BCUT2D eigenvalue weighted by atomic mass is 16.1. The molecule has 0 saturated carbocycles. The van der Waals surface area contributed by atoms with Crippen molar-refractivity contribution in [1.29, 1.82) is 0 Å². The number of rotatable bonds is 0. The van der Waals surface area contributed by atoms with Crippen molar-refractivity contribution >= 4 is 10.9 Å². The van der Waals surface area contributed by atoms with E-state index in [-0.39, 0.29) is 11.6 Å². The average Bonchev–Trinajstić information content (AvgIpc) is 2.53. The van der Waals surface area contributed by atoms with Crippen LogP contribution in [0, 0.1) is 0 Å². The minimum atomic E-state index is -0.0335. The monoisotopic (exact) mass is 186 g/mol. The number of nitrogens with zero attached hydrogens (tertiary/aromatic N) is 1. The van der Waals surface area contributed by atoms with Gasteiger partial charge in [0.2, 0.25) is 0 Å². The Morgan fingerprint density at radius 2 is 2.14 bits per heavy atom. The Labute approximate surface area is 80.8 Å². The zero-order valence-corrected chi connectivity index (χ0v) is 7.60. The van der Waals surface area contributed by atoms with E-state index in [1.54, 1.807) is 10.6 Å². The standard InChI is InChI=1S/C11H10N2O/c12-9-6-13-10(14)5-4-7-2-1-3-8(9)11(7)13/h1-5,9H,6,12H2. The van der Waals surface area contributed by atoms with Gasteiger partial charge in [-0.1, -0.05) is 18.2 Å². The van der Waals surface area contributed by atoms with Gasteiger partial charge in [0.25, 0.3) is 5.56 Å². The molecular formula is C11H10N2O. The molecule has 1 aliphatic heterocycles. The van der Waals surface area contributed by atoms with Crippen molar-refractivity contribution in [3.8, 4) is 0 Å². The Morgan fingerprint density at radius 1 is 1.29 bits per heavy atom. The lowest BCUT2D eigenvalue weighted by atomic mass is 10.1. The lowest BCUT2D eigenvalue weighted by molar-refractivity contribution is 0.621. The molecule has 1 aromatic carbocycles. The molecule has 0 bridgehead atoms. The van der Waals surface area contributed by atoms with E-state index in [4.69, 9.17) is 5.73 Å². The molecule has 3 nitrogen and oxygen atoms in total. The summed E-state index contributed by atoms with van der Waals surface area (Å²) in [4.78, 5) is 11.6. The molecule has 3 heteroatoms. The molecular weight excluding hydrogens is 176 g/mol. The van der Waals surface area contributed by atoms with Crippen LogP contribution >= 0.6 is 0 Å². The molecule has 2 aromatic rings. The van der Waals surface area contributed by atoms with Crippen LogP contribution in [0.2, 0.25) is 0 Å². The van der Waals surface area contributed by atoms with Gasteiger partial charge in [-0.3, -0.25) is 4.79 Å². The predicted octanol–water partition coefficient (Wildman–Crippen LogP) is 1.01. The first-order valence-corrected chi connectivity index (χ1v) is 4.65. The van der Waals surface area contributed by atoms with Gasteiger partial charge in [0.15, 0.2) is 0 Å². The lowest BCUT2D eigenvalue weighted by Gasteiger charge is -2.01. The molecule has 3 rings (SSSR count). The van der Waals surface area contributed by atoms with Crippen molar-refractivity contribution in [3.63, 3.8) is 0 Å². The number of hydrogen-bond acceptors (Lipinski definition) is 2. The molecule has 2 heterocycles. The summed E-state index contributed by atoms with van der Waals surface area (Å²) in [7, 11) is 0. The normalized spacial score (nSPS) is 19.1. The van der Waals surface area contributed by atoms with Crippen molar-refractivity contribution in [2.45, 2.75) is 12.6 Å². The summed E-state index contributed by atoms with van der Waals surface area (Å²) in [6.07, 6.45) is 0. The fourth-order valence-corrected chi connectivity index (χ4v) is 2.16. The average molecular weight is 186 g/mol. The fourth-order valence-electron chi connectivity index (χ4n) is 2.16. The molecule has 14 heavy (non-hydrogen) atoms. The van der Waals surface area contributed by atoms with E-state index in [1.165, 1.54) is 0 Å². The van der Waals surface area contributed by atoms with Gasteiger partial charge in [0.1, 0.15) is 0 Å². The molecule has 1 atom stereocenters. The minimum Gasteiger partial charge on any atom is -0.322 e. The van der Waals surface area contributed by atoms with Gasteiger partial charge in [-0.15, -0.1) is 0 Å². The Hall–Kier alpha value is -1.61. The second kappa shape index (κ2) is 2.45. The zero-order chi connectivity index (χ0) is 9.71. The van der Waals surface area contributed by atoms with Crippen LogP contribution < -0.4 is 11.3 Å². The third kappa shape index (κ3) is 0.822. The highest BCUT2D eigenvalue weighted by molar-refractivity contribution is 5.84. The van der Waals surface area contributed by atoms with E-state index in [0.29, 0.717) is 6.54 Å². The van der Waals surface area contributed by atoms with Gasteiger partial charge >= 0.3 is 0 Å². The third-order valence-electron chi connectivity index (χ3n) is 2.82. The van der Waals surface area contributed by atoms with Crippen LogP contribution in [0.3, 0.4) is 0 Å². The summed E-state index contributed by atoms with van der Waals surface area (Å²) in [5.74, 6) is 0. The van der Waals surface area contributed by atoms with Crippen molar-refractivity contribution in [1.82, 2.24) is 4.57 Å². The van der Waals surface area contributed by atoms with Gasteiger partial charge in [0.05, 0.1) is 5.52 Å². The van der Waals surface area contributed by atoms with Crippen molar-refractivity contribution in [2.75, 3.05) is 0 Å². The molecule has 0 radical (unpaired) electrons. The summed E-state index contributed by atoms with van der Waals surface area (Å²) in [6.45, 7) is 0.607. The molecule has 0 aliphatic carbocycles. The van der Waals surface area contributed by atoms with Crippen molar-refractivity contribution in [3.05, 3.63) is 46.2 Å². The molecule has 0 saturated heterocycles. The van der Waals surface area contributed by atoms with E-state index in [0.717, 1.165) is 16.5 Å². The van der Waals surface area contributed by atoms with Crippen LogP contribution in [0.4, 0.5) is 0 Å². The number of nitrogens with two attached hydrogens (primary N) is 1. The van der Waals surface area contributed by atoms with Crippen LogP contribution in [-0.4, -0.2) is 4.57 Å². The molecule has 70 valence electrons. The summed E-state index contributed by atoms with van der Waals surface area (Å²) in [5.41, 5.74) is 8.08. The van der Waals surface area contributed by atoms with E-state index >= 15 is 0 Å². The molecule has 1 aromatic heterocycles. The first-order chi connectivity index (χ1) is 6.77. The largest absolute Gasteiger partial charge is 0.322 e. The first-order valence-electron chi connectivity index (χ1n) is 4.65. The van der Waals surface area contributed by atoms with Gasteiger partial charge in [-0.25, -0.2) is 0 Å². The maximum atomic E-state index is 11.6. The van der Waals surface area contributed by atoms with Crippen LogP contribution in [0.1, 0.15) is 11.6 Å². The molecule has 1 aliphatic rings. The van der Waals surface area contributed by atoms with Crippen LogP contribution in [0.5, 0.6) is 0 Å². The Morgan fingerprint density at radius 3 is 3.00 bits per heavy atom. The predicted molar refractivity (Wildman–Crippen MR) is 55.1 cm³/mol. The van der Waals surface area contributed by atoms with Crippen molar-refractivity contribution < 1.29 is 0 Å². The maximum Gasteiger partial charge on any atom is 0.251 e. The molecule has 1 unspecified atom stereocenters. The fraction of sp³-hybridized carbons (Fsp3) is 0.182. The minimum absolute atomic E-state index is 0.0335. The topological polar surface area (TPSA) is 48.0 Å². The number of aromatic nitrogens is 1. The summed E-state index contributed by atoms with van der Waals surface area (Å²) < 4.78 is 1.76. The van der Waals surface area contributed by atoms with Crippen LogP contribution in [-0.2, 0) is 6.54 Å². The van der Waals surface area contributed by atoms with Crippen molar-refractivity contribution in [2.24, 2.45) is 5.73 Å². The van der Waals surface area contributed by atoms with E-state index in [9.17, 15) is 4.79 Å². The number of para-hydroxylation sites is 1. The quantitative estimate of drug-likeness (QED) is 0.667. The van der Waals surface area contributed by atoms with Crippen LogP contribution in [0.15, 0.2) is 35.1 Å². The maximum absolute atomic E-state index is 11.6. The summed E-state index contributed by atoms with van der Waals surface area (Å²) in [6, 6.07) is 9.41. The van der Waals surface area contributed by atoms with E-state index in [1.807, 2.05) is 24.3 Å². The van der Waals surface area contributed by atoms with Gasteiger partial charge in [-0.05, 0) is 17.0 Å². The Kier molecular flexibility index (Phi) is 1.36. The first kappa shape index (κ1) is 7.76. The van der Waals surface area contributed by atoms with Gasteiger partial charge < -0.3 is 10.3 Å². The van der Waals surface area contributed by atoms with Gasteiger partial charge in [-0.2, -0.15) is 0 Å². The number of pyridine rings is 1. The molecule has 2 N–H and O–H groups in total. The number of hydrogen-bond donors (Lipinski definition) is 1. The third-order valence-corrected chi connectivity index (χ3v) is 2.82. The number of benzene rings is 1. The molecule has 0 amide bonds. The van der Waals surface area contributed by atoms with Crippen LogP contribution in [0.25, 0.3) is 10.9 Å². The Balaban J connectivity index is 2.58. The molecule has 0 fully saturated rings. The highest BCUT2D eigenvalue weighted by Gasteiger charge is 2.21. The summed E-state index contributed by atoms with van der Waals surface area (Å²) >= 11 is 0. The van der Waals surface area contributed by atoms with E-state index in [2.05, 4.69) is 0 Å². The summed E-state index contributed by atoms with van der Waals surface area (Å²) in [5, 5.41) is 1.09. The zero-order valence-electron chi connectivity index (χ0n) is 7.60. The SMILES string of the molecule is NC1Cn2c(=O)ccc3cccc1c32.